The highest BCUT2D eigenvalue weighted by Gasteiger charge is 2.36. The number of ether oxygens (including phenoxy) is 2. The third-order valence-corrected chi connectivity index (χ3v) is 10.4. The first-order valence-corrected chi connectivity index (χ1v) is 21.7. The second-order valence-electron chi connectivity index (χ2n) is 15.8. The number of rotatable bonds is 20. The molecule has 0 spiro atoms. The number of hydrogen-bond donors (Lipinski definition) is 10. The molecular formula is C42H54F6N14O6. The molecule has 26 heteroatoms. The number of nitrogens with one attached hydrogen (secondary N) is 6. The van der Waals surface area contributed by atoms with E-state index < -0.39 is 82.1 Å². The molecule has 20 nitrogen and oxygen atoms in total. The topological polar surface area (TPSA) is 313 Å². The minimum absolute atomic E-state index is 0.124. The number of nitrogens with two attached hydrogens (primary N) is 4. The molecule has 5 rings (SSSR count). The van der Waals surface area contributed by atoms with Crippen molar-refractivity contribution < 1.29 is 55.0 Å². The summed E-state index contributed by atoms with van der Waals surface area (Å²) >= 11 is 0. The first-order valence-electron chi connectivity index (χ1n) is 21.7. The van der Waals surface area contributed by atoms with Crippen molar-refractivity contribution in [1.82, 2.24) is 20.6 Å². The number of carbonyl (C=O) groups excluding carboxylic acids is 4. The number of amides is 4. The molecule has 0 atom stereocenters. The van der Waals surface area contributed by atoms with Crippen LogP contribution in [-0.2, 0) is 21.9 Å². The van der Waals surface area contributed by atoms with E-state index in [4.69, 9.17) is 32.4 Å². The number of benzene rings is 2. The minimum Gasteiger partial charge on any atom is -0.486 e. The van der Waals surface area contributed by atoms with Gasteiger partial charge in [0.15, 0.2) is 23.4 Å². The first-order chi connectivity index (χ1) is 32.3. The van der Waals surface area contributed by atoms with E-state index in [0.717, 1.165) is 12.4 Å². The second kappa shape index (κ2) is 24.2. The van der Waals surface area contributed by atoms with Gasteiger partial charge in [0.1, 0.15) is 29.9 Å². The van der Waals surface area contributed by atoms with Crippen LogP contribution in [0, 0.1) is 0 Å². The normalized spacial score (nSPS) is 14.6. The van der Waals surface area contributed by atoms with Crippen molar-refractivity contribution in [2.24, 2.45) is 32.9 Å². The van der Waals surface area contributed by atoms with Gasteiger partial charge >= 0.3 is 12.4 Å². The lowest BCUT2D eigenvalue weighted by Gasteiger charge is -2.27. The van der Waals surface area contributed by atoms with Gasteiger partial charge in [-0.2, -0.15) is 26.3 Å². The summed E-state index contributed by atoms with van der Waals surface area (Å²) in [4.78, 5) is 69.3. The summed E-state index contributed by atoms with van der Waals surface area (Å²) in [5.41, 5.74) is 16.0. The Balaban J connectivity index is 1.45. The largest absolute Gasteiger partial charge is 0.486 e. The molecule has 0 radical (unpaired) electrons. The maximum absolute atomic E-state index is 14.4. The predicted molar refractivity (Wildman–Crippen MR) is 240 cm³/mol. The van der Waals surface area contributed by atoms with Crippen molar-refractivity contribution in [3.8, 4) is 11.5 Å². The molecule has 2 aromatic carbocycles. The number of aliphatic imine (C=N–C) groups is 2. The molecule has 0 bridgehead atoms. The van der Waals surface area contributed by atoms with Gasteiger partial charge in [0, 0.05) is 32.0 Å². The predicted octanol–water partition coefficient (Wildman–Crippen LogP) is 4.04. The summed E-state index contributed by atoms with van der Waals surface area (Å²) in [6.07, 6.45) is -7.39. The molecule has 2 fully saturated rings. The van der Waals surface area contributed by atoms with Gasteiger partial charge in [-0.25, -0.2) is 9.97 Å². The highest BCUT2D eigenvalue weighted by Crippen LogP contribution is 2.44. The van der Waals surface area contributed by atoms with Crippen LogP contribution in [-0.4, -0.2) is 97.0 Å². The molecule has 3 heterocycles. The van der Waals surface area contributed by atoms with E-state index in [-0.39, 0.29) is 73.6 Å². The van der Waals surface area contributed by atoms with E-state index in [9.17, 15) is 45.5 Å². The number of anilines is 4. The zero-order chi connectivity index (χ0) is 49.4. The summed E-state index contributed by atoms with van der Waals surface area (Å²) in [6, 6.07) is 3.47. The summed E-state index contributed by atoms with van der Waals surface area (Å²) in [7, 11) is 0. The SMILES string of the molecule is NC(N)=NCCCCC(=O)Nc1cc(C(F)(F)F)cc(NC(=O)c2cc(C(=O)Nc3cc(C(F)(F)F)cc(NC(=O)CCCCN=C(N)N)c3OC3CCNCC3)ncn2)c1OC1CCNCC1. The molecule has 0 saturated carbocycles. The van der Waals surface area contributed by atoms with Crippen LogP contribution in [0.15, 0.2) is 46.6 Å². The molecular weight excluding hydrogens is 911 g/mol. The monoisotopic (exact) mass is 964 g/mol. The van der Waals surface area contributed by atoms with Crippen molar-refractivity contribution in [1.29, 1.82) is 0 Å². The second-order valence-corrected chi connectivity index (χ2v) is 15.8. The maximum atomic E-state index is 14.4. The fraction of sp³-hybridized carbons (Fsp3) is 0.476. The van der Waals surface area contributed by atoms with Crippen LogP contribution in [0.4, 0.5) is 49.1 Å². The van der Waals surface area contributed by atoms with Gasteiger partial charge in [-0.1, -0.05) is 0 Å². The maximum Gasteiger partial charge on any atom is 0.416 e. The Kier molecular flexibility index (Phi) is 18.5. The minimum atomic E-state index is -4.97. The van der Waals surface area contributed by atoms with E-state index in [2.05, 4.69) is 51.9 Å². The highest BCUT2D eigenvalue weighted by molar-refractivity contribution is 6.09. The van der Waals surface area contributed by atoms with Gasteiger partial charge in [0.25, 0.3) is 11.8 Å². The Labute approximate surface area is 386 Å². The molecule has 14 N–H and O–H groups in total. The van der Waals surface area contributed by atoms with Crippen molar-refractivity contribution in [2.75, 3.05) is 60.5 Å². The van der Waals surface area contributed by atoms with Crippen molar-refractivity contribution in [3.63, 3.8) is 0 Å². The molecule has 0 unspecified atom stereocenters. The zero-order valence-corrected chi connectivity index (χ0v) is 36.7. The Morgan fingerprint density at radius 1 is 0.574 bits per heavy atom. The van der Waals surface area contributed by atoms with Gasteiger partial charge in [-0.15, -0.1) is 0 Å². The third kappa shape index (κ3) is 16.1. The summed E-state index contributed by atoms with van der Waals surface area (Å²) in [5.74, 6) is -4.46. The van der Waals surface area contributed by atoms with E-state index >= 15 is 0 Å². The highest BCUT2D eigenvalue weighted by atomic mass is 19.4. The van der Waals surface area contributed by atoms with Crippen LogP contribution in [0.3, 0.4) is 0 Å². The van der Waals surface area contributed by atoms with Crippen LogP contribution < -0.4 is 64.3 Å². The number of carbonyl (C=O) groups is 4. The van der Waals surface area contributed by atoms with E-state index in [1.165, 1.54) is 0 Å². The number of alkyl halides is 6. The molecule has 370 valence electrons. The lowest BCUT2D eigenvalue weighted by atomic mass is 10.1. The average molecular weight is 965 g/mol. The summed E-state index contributed by atoms with van der Waals surface area (Å²) in [6.45, 7) is 2.50. The number of hydrogen-bond acceptors (Lipinski definition) is 12. The number of nitrogens with zero attached hydrogens (tertiary/aromatic N) is 4. The van der Waals surface area contributed by atoms with Crippen LogP contribution in [0.25, 0.3) is 0 Å². The molecule has 1 aromatic heterocycles. The Morgan fingerprint density at radius 2 is 0.926 bits per heavy atom. The van der Waals surface area contributed by atoms with Gasteiger partial charge in [-0.05, 0) is 102 Å². The number of piperidine rings is 2. The number of aromatic nitrogens is 2. The molecule has 4 amide bonds. The molecule has 2 saturated heterocycles. The molecule has 68 heavy (non-hydrogen) atoms. The lowest BCUT2D eigenvalue weighted by molar-refractivity contribution is -0.138. The summed E-state index contributed by atoms with van der Waals surface area (Å²) in [5, 5.41) is 16.0. The lowest BCUT2D eigenvalue weighted by Crippen LogP contribution is -2.34. The van der Waals surface area contributed by atoms with Crippen LogP contribution >= 0.6 is 0 Å². The molecule has 0 aliphatic carbocycles. The van der Waals surface area contributed by atoms with Gasteiger partial charge in [0.2, 0.25) is 11.8 Å². The number of guanidine groups is 2. The van der Waals surface area contributed by atoms with E-state index in [0.29, 0.717) is 89.0 Å². The van der Waals surface area contributed by atoms with Crippen LogP contribution in [0.2, 0.25) is 0 Å². The van der Waals surface area contributed by atoms with Gasteiger partial charge < -0.3 is 64.3 Å². The van der Waals surface area contributed by atoms with Crippen molar-refractivity contribution >= 4 is 58.3 Å². The smallest absolute Gasteiger partial charge is 0.416 e. The Hall–Kier alpha value is -6.96. The molecule has 3 aromatic rings. The van der Waals surface area contributed by atoms with Crippen molar-refractivity contribution in [2.45, 2.75) is 88.8 Å². The Bertz CT molecular complexity index is 2160. The molecule has 2 aliphatic heterocycles. The fourth-order valence-electron chi connectivity index (χ4n) is 6.99. The number of halogens is 6. The van der Waals surface area contributed by atoms with Crippen molar-refractivity contribution in [3.05, 3.63) is 59.2 Å². The fourth-order valence-corrected chi connectivity index (χ4v) is 6.99. The van der Waals surface area contributed by atoms with Gasteiger partial charge in [0.05, 0.1) is 33.9 Å². The summed E-state index contributed by atoms with van der Waals surface area (Å²) < 4.78 is 98.5. The molecule has 2 aliphatic rings. The average Bonchev–Trinajstić information content (AvgIpc) is 3.27. The zero-order valence-electron chi connectivity index (χ0n) is 36.7. The third-order valence-electron chi connectivity index (χ3n) is 10.4. The van der Waals surface area contributed by atoms with E-state index in [1.807, 2.05) is 0 Å². The van der Waals surface area contributed by atoms with Crippen LogP contribution in [0.5, 0.6) is 11.5 Å². The first kappa shape index (κ1) is 52.0. The van der Waals surface area contributed by atoms with Gasteiger partial charge in [-0.3, -0.25) is 29.2 Å². The van der Waals surface area contributed by atoms with Crippen LogP contribution in [0.1, 0.15) is 96.3 Å². The standard InChI is InChI=1S/C42H54F6N14O6/c43-41(44,45)23-17-27(59-33(63)5-1-3-11-55-39(49)50)35(67-25-7-13-53-14-8-25)29(19-23)61-37(65)31-21-32(58-22-57-31)38(66)62-30-20-24(42(46,47)48)18-28(36(30)68-26-9-15-54-16-10-26)60-34(64)6-2-4-12-56-40(51)52/h17-22,25-26,53-54H,1-16H2,(H,59,63)(H,60,64)(H,61,65)(H,62,66)(H4,49,50,55)(H4,51,52,56). The Morgan fingerprint density at radius 3 is 1.26 bits per heavy atom. The van der Waals surface area contributed by atoms with E-state index in [1.54, 1.807) is 0 Å². The number of unbranched alkanes of at least 4 members (excludes halogenated alkanes) is 2. The quantitative estimate of drug-likeness (QED) is 0.0331.